The molecule has 4 heteroatoms. The van der Waals surface area contributed by atoms with Crippen molar-refractivity contribution >= 4 is 11.9 Å². The van der Waals surface area contributed by atoms with E-state index in [4.69, 9.17) is 9.47 Å². The van der Waals surface area contributed by atoms with Crippen molar-refractivity contribution in [2.45, 2.75) is 58.8 Å². The Morgan fingerprint density at radius 1 is 0.765 bits per heavy atom. The summed E-state index contributed by atoms with van der Waals surface area (Å²) in [5.74, 6) is -0.277. The molecule has 0 fully saturated rings. The summed E-state index contributed by atoms with van der Waals surface area (Å²) in [5.41, 5.74) is 0. The summed E-state index contributed by atoms with van der Waals surface area (Å²) >= 11 is 0. The van der Waals surface area contributed by atoms with E-state index in [0.717, 1.165) is 32.1 Å². The van der Waals surface area contributed by atoms with Crippen LogP contribution in [0.3, 0.4) is 0 Å². The average Bonchev–Trinajstić information content (AvgIpc) is 2.33. The van der Waals surface area contributed by atoms with E-state index in [0.29, 0.717) is 26.1 Å². The number of carbonyl (C=O) groups is 2. The van der Waals surface area contributed by atoms with Crippen molar-refractivity contribution in [2.75, 3.05) is 13.2 Å². The molecule has 0 atom stereocenters. The lowest BCUT2D eigenvalue weighted by atomic mass is 10.1. The van der Waals surface area contributed by atoms with Gasteiger partial charge in [0.05, 0.1) is 13.2 Å². The SMILES string of the molecule is CCCOC(=O)CCCCCC(=O)OCCC. The van der Waals surface area contributed by atoms with Crippen LogP contribution >= 0.6 is 0 Å². The van der Waals surface area contributed by atoms with Crippen molar-refractivity contribution in [3.8, 4) is 0 Å². The van der Waals surface area contributed by atoms with Crippen LogP contribution in [0.15, 0.2) is 0 Å². The number of rotatable bonds is 10. The van der Waals surface area contributed by atoms with Crippen molar-refractivity contribution in [3.05, 3.63) is 0 Å². The summed E-state index contributed by atoms with van der Waals surface area (Å²) in [6, 6.07) is 0. The maximum absolute atomic E-state index is 11.1. The minimum Gasteiger partial charge on any atom is -0.466 e. The molecule has 0 N–H and O–H groups in total. The maximum atomic E-state index is 11.1. The molecule has 0 amide bonds. The van der Waals surface area contributed by atoms with Gasteiger partial charge in [-0.2, -0.15) is 0 Å². The summed E-state index contributed by atoms with van der Waals surface area (Å²) in [6.07, 6.45) is 5.04. The highest BCUT2D eigenvalue weighted by Gasteiger charge is 2.04. The molecule has 0 aliphatic rings. The van der Waals surface area contributed by atoms with Crippen LogP contribution in [-0.4, -0.2) is 25.2 Å². The van der Waals surface area contributed by atoms with Gasteiger partial charge in [-0.15, -0.1) is 0 Å². The number of carbonyl (C=O) groups excluding carboxylic acids is 2. The molecule has 0 aromatic carbocycles. The fourth-order valence-corrected chi connectivity index (χ4v) is 1.29. The molecule has 0 heterocycles. The minimum atomic E-state index is -0.139. The van der Waals surface area contributed by atoms with E-state index in [9.17, 15) is 9.59 Å². The summed E-state index contributed by atoms with van der Waals surface area (Å²) in [7, 11) is 0. The number of hydrogen-bond donors (Lipinski definition) is 0. The summed E-state index contributed by atoms with van der Waals surface area (Å²) in [4.78, 5) is 22.3. The molecule has 17 heavy (non-hydrogen) atoms. The number of ether oxygens (including phenoxy) is 2. The van der Waals surface area contributed by atoms with E-state index in [1.54, 1.807) is 0 Å². The van der Waals surface area contributed by atoms with Gasteiger partial charge in [-0.1, -0.05) is 20.3 Å². The van der Waals surface area contributed by atoms with E-state index in [1.165, 1.54) is 0 Å². The molecule has 0 spiro atoms. The van der Waals surface area contributed by atoms with Gasteiger partial charge in [0.1, 0.15) is 0 Å². The van der Waals surface area contributed by atoms with Crippen LogP contribution in [0, 0.1) is 0 Å². The largest absolute Gasteiger partial charge is 0.466 e. The third kappa shape index (κ3) is 11.2. The zero-order chi connectivity index (χ0) is 12.9. The smallest absolute Gasteiger partial charge is 0.305 e. The van der Waals surface area contributed by atoms with Crippen LogP contribution in [0.2, 0.25) is 0 Å². The van der Waals surface area contributed by atoms with E-state index >= 15 is 0 Å². The zero-order valence-electron chi connectivity index (χ0n) is 11.0. The van der Waals surface area contributed by atoms with Crippen molar-refractivity contribution in [1.82, 2.24) is 0 Å². The Morgan fingerprint density at radius 2 is 1.18 bits per heavy atom. The van der Waals surface area contributed by atoms with Crippen LogP contribution in [0.5, 0.6) is 0 Å². The molecule has 0 saturated carbocycles. The van der Waals surface area contributed by atoms with E-state index in [-0.39, 0.29) is 11.9 Å². The Labute approximate surface area is 104 Å². The Bertz CT molecular complexity index is 191. The maximum Gasteiger partial charge on any atom is 0.305 e. The molecule has 0 unspecified atom stereocenters. The minimum absolute atomic E-state index is 0.139. The third-order valence-electron chi connectivity index (χ3n) is 2.20. The standard InChI is InChI=1S/C13H24O4/c1-3-10-16-12(14)8-6-5-7-9-13(15)17-11-4-2/h3-11H2,1-2H3. The zero-order valence-corrected chi connectivity index (χ0v) is 11.0. The summed E-state index contributed by atoms with van der Waals surface area (Å²) in [5, 5.41) is 0. The van der Waals surface area contributed by atoms with Crippen LogP contribution in [0.1, 0.15) is 58.8 Å². The summed E-state index contributed by atoms with van der Waals surface area (Å²) in [6.45, 7) is 4.94. The lowest BCUT2D eigenvalue weighted by Gasteiger charge is -2.04. The molecule has 0 rings (SSSR count). The Kier molecular flexibility index (Phi) is 10.7. The van der Waals surface area contributed by atoms with Gasteiger partial charge in [0, 0.05) is 12.8 Å². The Balaban J connectivity index is 3.28. The van der Waals surface area contributed by atoms with Gasteiger partial charge in [-0.25, -0.2) is 0 Å². The lowest BCUT2D eigenvalue weighted by molar-refractivity contribution is -0.144. The van der Waals surface area contributed by atoms with Gasteiger partial charge in [0.2, 0.25) is 0 Å². The number of esters is 2. The van der Waals surface area contributed by atoms with Gasteiger partial charge < -0.3 is 9.47 Å². The molecular weight excluding hydrogens is 220 g/mol. The van der Waals surface area contributed by atoms with Gasteiger partial charge >= 0.3 is 11.9 Å². The van der Waals surface area contributed by atoms with Gasteiger partial charge in [0.25, 0.3) is 0 Å². The fraction of sp³-hybridized carbons (Fsp3) is 0.846. The highest BCUT2D eigenvalue weighted by molar-refractivity contribution is 5.69. The predicted molar refractivity (Wildman–Crippen MR) is 65.6 cm³/mol. The molecule has 0 bridgehead atoms. The second-order valence-corrected chi connectivity index (χ2v) is 4.00. The molecule has 100 valence electrons. The second kappa shape index (κ2) is 11.4. The van der Waals surface area contributed by atoms with Crippen LogP contribution in [0.4, 0.5) is 0 Å². The predicted octanol–water partition coefficient (Wildman–Crippen LogP) is 2.84. The molecule has 0 radical (unpaired) electrons. The van der Waals surface area contributed by atoms with Gasteiger partial charge in [0.15, 0.2) is 0 Å². The number of hydrogen-bond acceptors (Lipinski definition) is 4. The quantitative estimate of drug-likeness (QED) is 0.438. The van der Waals surface area contributed by atoms with Crippen molar-refractivity contribution < 1.29 is 19.1 Å². The molecule has 0 aliphatic heterocycles. The normalized spacial score (nSPS) is 10.0. The molecule has 0 aromatic heterocycles. The molecule has 4 nitrogen and oxygen atoms in total. The van der Waals surface area contributed by atoms with Gasteiger partial charge in [-0.3, -0.25) is 9.59 Å². The third-order valence-corrected chi connectivity index (χ3v) is 2.20. The van der Waals surface area contributed by atoms with E-state index < -0.39 is 0 Å². The van der Waals surface area contributed by atoms with Crippen LogP contribution < -0.4 is 0 Å². The summed E-state index contributed by atoms with van der Waals surface area (Å²) < 4.78 is 9.88. The first kappa shape index (κ1) is 15.9. The highest BCUT2D eigenvalue weighted by atomic mass is 16.5. The monoisotopic (exact) mass is 244 g/mol. The molecule has 0 aromatic rings. The van der Waals surface area contributed by atoms with Crippen LogP contribution in [0.25, 0.3) is 0 Å². The highest BCUT2D eigenvalue weighted by Crippen LogP contribution is 2.05. The first-order chi connectivity index (χ1) is 8.20. The van der Waals surface area contributed by atoms with Crippen molar-refractivity contribution in [1.29, 1.82) is 0 Å². The fourth-order valence-electron chi connectivity index (χ4n) is 1.29. The Hall–Kier alpha value is -1.06. The molecule has 0 aliphatic carbocycles. The first-order valence-corrected chi connectivity index (χ1v) is 6.52. The molecular formula is C13H24O4. The van der Waals surface area contributed by atoms with Crippen molar-refractivity contribution in [2.24, 2.45) is 0 Å². The Morgan fingerprint density at radius 3 is 1.53 bits per heavy atom. The van der Waals surface area contributed by atoms with E-state index in [1.807, 2.05) is 13.8 Å². The van der Waals surface area contributed by atoms with Gasteiger partial charge in [-0.05, 0) is 25.7 Å². The number of unbranched alkanes of at least 4 members (excludes halogenated alkanes) is 2. The van der Waals surface area contributed by atoms with Crippen molar-refractivity contribution in [3.63, 3.8) is 0 Å². The average molecular weight is 244 g/mol. The first-order valence-electron chi connectivity index (χ1n) is 6.52. The lowest BCUT2D eigenvalue weighted by Crippen LogP contribution is -2.06. The van der Waals surface area contributed by atoms with E-state index in [2.05, 4.69) is 0 Å². The molecule has 0 saturated heterocycles. The van der Waals surface area contributed by atoms with Crippen LogP contribution in [-0.2, 0) is 19.1 Å². The second-order valence-electron chi connectivity index (χ2n) is 4.00. The topological polar surface area (TPSA) is 52.6 Å².